The Morgan fingerprint density at radius 2 is 2.11 bits per heavy atom. The van der Waals surface area contributed by atoms with E-state index >= 15 is 0 Å². The van der Waals surface area contributed by atoms with Crippen molar-refractivity contribution in [2.75, 3.05) is 32.8 Å². The summed E-state index contributed by atoms with van der Waals surface area (Å²) in [5.41, 5.74) is 2.11. The summed E-state index contributed by atoms with van der Waals surface area (Å²) in [6.45, 7) is 6.81. The Bertz CT molecular complexity index is 669. The summed E-state index contributed by atoms with van der Waals surface area (Å²) in [6, 6.07) is 6.25. The van der Waals surface area contributed by atoms with E-state index in [1.807, 2.05) is 17.9 Å². The molecule has 2 fully saturated rings. The van der Waals surface area contributed by atoms with Gasteiger partial charge in [0.05, 0.1) is 12.2 Å². The van der Waals surface area contributed by atoms with Crippen molar-refractivity contribution in [3.63, 3.8) is 0 Å². The first-order valence-electron chi connectivity index (χ1n) is 9.92. The Kier molecular flexibility index (Phi) is 6.37. The standard InChI is InChI=1S/C21H30N2O4/c1-3-26-18-8-7-17(13-16(18)2)5-4-6-20(25)23-11-9-21(10-12-23)15-22-19(24)14-27-21/h7-8,13H,3-6,9-12,14-15H2,1-2H3,(H,22,24). The molecule has 2 saturated heterocycles. The number of likely N-dealkylation sites (tertiary alicyclic amines) is 1. The lowest BCUT2D eigenvalue weighted by molar-refractivity contribution is -0.154. The first-order chi connectivity index (χ1) is 13.0. The molecule has 2 heterocycles. The van der Waals surface area contributed by atoms with Crippen LogP contribution in [0.15, 0.2) is 18.2 Å². The number of piperidine rings is 1. The minimum Gasteiger partial charge on any atom is -0.494 e. The Morgan fingerprint density at radius 1 is 1.33 bits per heavy atom. The second-order valence-electron chi connectivity index (χ2n) is 7.52. The zero-order valence-corrected chi connectivity index (χ0v) is 16.4. The second-order valence-corrected chi connectivity index (χ2v) is 7.52. The number of hydrogen-bond donors (Lipinski definition) is 1. The van der Waals surface area contributed by atoms with Crippen LogP contribution >= 0.6 is 0 Å². The largest absolute Gasteiger partial charge is 0.494 e. The molecule has 2 amide bonds. The van der Waals surface area contributed by atoms with Gasteiger partial charge >= 0.3 is 0 Å². The molecule has 0 unspecified atom stereocenters. The van der Waals surface area contributed by atoms with Gasteiger partial charge in [-0.15, -0.1) is 0 Å². The number of hydrogen-bond acceptors (Lipinski definition) is 4. The van der Waals surface area contributed by atoms with Crippen molar-refractivity contribution in [2.45, 2.75) is 51.6 Å². The quantitative estimate of drug-likeness (QED) is 0.829. The average Bonchev–Trinajstić information content (AvgIpc) is 2.67. The molecule has 6 nitrogen and oxygen atoms in total. The molecule has 0 atom stereocenters. The fourth-order valence-electron chi connectivity index (χ4n) is 3.85. The smallest absolute Gasteiger partial charge is 0.246 e. The lowest BCUT2D eigenvalue weighted by atomic mass is 9.89. The van der Waals surface area contributed by atoms with E-state index in [1.165, 1.54) is 5.56 Å². The van der Waals surface area contributed by atoms with Crippen LogP contribution in [-0.4, -0.2) is 55.2 Å². The van der Waals surface area contributed by atoms with Gasteiger partial charge in [-0.1, -0.05) is 12.1 Å². The number of nitrogens with one attached hydrogen (secondary N) is 1. The molecule has 3 rings (SSSR count). The number of carbonyl (C=O) groups excluding carboxylic acids is 2. The van der Waals surface area contributed by atoms with Gasteiger partial charge in [0.1, 0.15) is 12.4 Å². The Hall–Kier alpha value is -2.08. The van der Waals surface area contributed by atoms with Crippen molar-refractivity contribution in [3.05, 3.63) is 29.3 Å². The van der Waals surface area contributed by atoms with Gasteiger partial charge in [0.25, 0.3) is 0 Å². The highest BCUT2D eigenvalue weighted by Gasteiger charge is 2.39. The second kappa shape index (κ2) is 8.74. The van der Waals surface area contributed by atoms with Crippen molar-refractivity contribution in [3.8, 4) is 5.75 Å². The summed E-state index contributed by atoms with van der Waals surface area (Å²) < 4.78 is 11.3. The zero-order valence-electron chi connectivity index (χ0n) is 16.4. The SMILES string of the molecule is CCOc1ccc(CCCC(=O)N2CCC3(CC2)CNC(=O)CO3)cc1C. The maximum atomic E-state index is 12.5. The number of nitrogens with zero attached hydrogens (tertiary/aromatic N) is 1. The van der Waals surface area contributed by atoms with E-state index in [0.29, 0.717) is 32.7 Å². The fraction of sp³-hybridized carbons (Fsp3) is 0.619. The highest BCUT2D eigenvalue weighted by Crippen LogP contribution is 2.28. The van der Waals surface area contributed by atoms with Crippen molar-refractivity contribution < 1.29 is 19.1 Å². The topological polar surface area (TPSA) is 67.9 Å². The molecule has 0 aliphatic carbocycles. The van der Waals surface area contributed by atoms with Crippen molar-refractivity contribution in [1.82, 2.24) is 10.2 Å². The van der Waals surface area contributed by atoms with E-state index in [2.05, 4.69) is 24.4 Å². The molecule has 6 heteroatoms. The summed E-state index contributed by atoms with van der Waals surface area (Å²) in [6.07, 6.45) is 3.89. The number of carbonyl (C=O) groups is 2. The highest BCUT2D eigenvalue weighted by atomic mass is 16.5. The minimum absolute atomic E-state index is 0.0522. The van der Waals surface area contributed by atoms with Crippen LogP contribution in [-0.2, 0) is 20.7 Å². The fourth-order valence-corrected chi connectivity index (χ4v) is 3.85. The first-order valence-corrected chi connectivity index (χ1v) is 9.92. The maximum Gasteiger partial charge on any atom is 0.246 e. The van der Waals surface area contributed by atoms with Crippen molar-refractivity contribution in [2.24, 2.45) is 0 Å². The molecule has 1 N–H and O–H groups in total. The molecule has 0 bridgehead atoms. The molecule has 0 radical (unpaired) electrons. The monoisotopic (exact) mass is 374 g/mol. The highest BCUT2D eigenvalue weighted by molar-refractivity contribution is 5.78. The third-order valence-electron chi connectivity index (χ3n) is 5.54. The normalized spacial score (nSPS) is 19.0. The third-order valence-corrected chi connectivity index (χ3v) is 5.54. The van der Waals surface area contributed by atoms with E-state index in [4.69, 9.17) is 9.47 Å². The van der Waals surface area contributed by atoms with Crippen LogP contribution in [0.1, 0.15) is 43.7 Å². The van der Waals surface area contributed by atoms with E-state index in [0.717, 1.165) is 37.0 Å². The molecule has 1 aromatic carbocycles. The molecular formula is C21H30N2O4. The van der Waals surface area contributed by atoms with Crippen LogP contribution in [0, 0.1) is 6.92 Å². The Morgan fingerprint density at radius 3 is 2.74 bits per heavy atom. The summed E-state index contributed by atoms with van der Waals surface area (Å²) in [7, 11) is 0. The molecule has 0 saturated carbocycles. The number of aryl methyl sites for hydroxylation is 2. The summed E-state index contributed by atoms with van der Waals surface area (Å²) >= 11 is 0. The van der Waals surface area contributed by atoms with E-state index in [9.17, 15) is 9.59 Å². The van der Waals surface area contributed by atoms with Crippen LogP contribution in [0.5, 0.6) is 5.75 Å². The summed E-state index contributed by atoms with van der Waals surface area (Å²) in [5.74, 6) is 1.09. The molecule has 1 aromatic rings. The molecule has 0 aromatic heterocycles. The molecule has 27 heavy (non-hydrogen) atoms. The lowest BCUT2D eigenvalue weighted by Crippen LogP contribution is -2.58. The minimum atomic E-state index is -0.273. The van der Waals surface area contributed by atoms with Crippen LogP contribution < -0.4 is 10.1 Å². The lowest BCUT2D eigenvalue weighted by Gasteiger charge is -2.43. The van der Waals surface area contributed by atoms with Crippen LogP contribution in [0.25, 0.3) is 0 Å². The predicted molar refractivity (Wildman–Crippen MR) is 103 cm³/mol. The van der Waals surface area contributed by atoms with Crippen LogP contribution in [0.3, 0.4) is 0 Å². The van der Waals surface area contributed by atoms with Crippen LogP contribution in [0.4, 0.5) is 0 Å². The first kappa shape index (κ1) is 19.7. The number of amides is 2. The third kappa shape index (κ3) is 5.01. The number of rotatable bonds is 6. The molecule has 2 aliphatic rings. The van der Waals surface area contributed by atoms with Gasteiger partial charge in [0.15, 0.2) is 0 Å². The number of benzene rings is 1. The van der Waals surface area contributed by atoms with Gasteiger partial charge in [-0.2, -0.15) is 0 Å². The molecule has 2 aliphatic heterocycles. The summed E-state index contributed by atoms with van der Waals surface area (Å²) in [5, 5.41) is 2.88. The molecular weight excluding hydrogens is 344 g/mol. The predicted octanol–water partition coefficient (Wildman–Crippen LogP) is 2.22. The van der Waals surface area contributed by atoms with E-state index in [-0.39, 0.29) is 24.0 Å². The van der Waals surface area contributed by atoms with Crippen molar-refractivity contribution >= 4 is 11.8 Å². The molecule has 148 valence electrons. The number of morpholine rings is 1. The van der Waals surface area contributed by atoms with E-state index in [1.54, 1.807) is 0 Å². The summed E-state index contributed by atoms with van der Waals surface area (Å²) in [4.78, 5) is 25.7. The average molecular weight is 374 g/mol. The number of ether oxygens (including phenoxy) is 2. The van der Waals surface area contributed by atoms with Crippen molar-refractivity contribution in [1.29, 1.82) is 0 Å². The Labute approximate surface area is 161 Å². The van der Waals surface area contributed by atoms with Gasteiger partial charge in [-0.05, 0) is 56.7 Å². The van der Waals surface area contributed by atoms with Gasteiger partial charge in [0.2, 0.25) is 11.8 Å². The van der Waals surface area contributed by atoms with Crippen LogP contribution in [0.2, 0.25) is 0 Å². The molecule has 1 spiro atoms. The van der Waals surface area contributed by atoms with Gasteiger partial charge in [-0.3, -0.25) is 9.59 Å². The maximum absolute atomic E-state index is 12.5. The van der Waals surface area contributed by atoms with Gasteiger partial charge in [0, 0.05) is 26.1 Å². The van der Waals surface area contributed by atoms with E-state index < -0.39 is 0 Å². The van der Waals surface area contributed by atoms with Gasteiger partial charge in [-0.25, -0.2) is 0 Å². The van der Waals surface area contributed by atoms with Gasteiger partial charge < -0.3 is 19.7 Å². The Balaban J connectivity index is 1.41. The zero-order chi connectivity index (χ0) is 19.3.